The molecule has 0 aliphatic carbocycles. The smallest absolute Gasteiger partial charge is 0.416 e. The summed E-state index contributed by atoms with van der Waals surface area (Å²) in [4.78, 5) is 35.2. The molecule has 7 heteroatoms. The molecule has 21 heavy (non-hydrogen) atoms. The van der Waals surface area contributed by atoms with E-state index in [1.54, 1.807) is 6.08 Å². The van der Waals surface area contributed by atoms with Crippen molar-refractivity contribution < 1.29 is 23.9 Å². The van der Waals surface area contributed by atoms with Crippen molar-refractivity contribution in [2.24, 2.45) is 0 Å². The molecule has 1 aliphatic rings. The van der Waals surface area contributed by atoms with Gasteiger partial charge in [0.25, 0.3) is 5.91 Å². The lowest BCUT2D eigenvalue weighted by molar-refractivity contribution is -0.146. The van der Waals surface area contributed by atoms with Crippen LogP contribution in [0.1, 0.15) is 5.56 Å². The Morgan fingerprint density at radius 3 is 2.81 bits per heavy atom. The van der Waals surface area contributed by atoms with E-state index in [0.29, 0.717) is 0 Å². The van der Waals surface area contributed by atoms with E-state index in [9.17, 15) is 14.4 Å². The molecule has 0 saturated carbocycles. The molecule has 6 nitrogen and oxygen atoms in total. The van der Waals surface area contributed by atoms with Gasteiger partial charge in [-0.05, 0) is 17.7 Å². The van der Waals surface area contributed by atoms with E-state index in [0.717, 1.165) is 14.9 Å². The molecule has 1 aliphatic heterocycles. The Bertz CT molecular complexity index is 599. The third-order valence-corrected chi connectivity index (χ3v) is 3.43. The van der Waals surface area contributed by atoms with Gasteiger partial charge in [0.05, 0.1) is 6.54 Å². The van der Waals surface area contributed by atoms with Crippen LogP contribution < -0.4 is 0 Å². The van der Waals surface area contributed by atoms with Crippen molar-refractivity contribution in [1.82, 2.24) is 4.90 Å². The molecule has 0 N–H and O–H groups in total. The Kier molecular flexibility index (Phi) is 5.10. The van der Waals surface area contributed by atoms with E-state index < -0.39 is 24.6 Å². The molecule has 1 aromatic carbocycles. The maximum atomic E-state index is 11.6. The molecule has 0 spiro atoms. The Hall–Kier alpha value is -2.15. The third-order valence-electron chi connectivity index (χ3n) is 2.70. The minimum atomic E-state index is -0.709. The molecular weight excluding hydrogens is 342 g/mol. The van der Waals surface area contributed by atoms with Gasteiger partial charge in [0.15, 0.2) is 6.61 Å². The van der Waals surface area contributed by atoms with E-state index in [1.165, 1.54) is 6.08 Å². The van der Waals surface area contributed by atoms with Crippen LogP contribution in [0.2, 0.25) is 0 Å². The van der Waals surface area contributed by atoms with E-state index in [1.807, 2.05) is 24.3 Å². The van der Waals surface area contributed by atoms with Crippen LogP contribution in [-0.2, 0) is 19.1 Å². The number of cyclic esters (lactones) is 1. The van der Waals surface area contributed by atoms with E-state index in [4.69, 9.17) is 4.74 Å². The number of nitrogens with zero attached hydrogens (tertiary/aromatic N) is 1. The van der Waals surface area contributed by atoms with Crippen LogP contribution in [0.15, 0.2) is 34.8 Å². The van der Waals surface area contributed by atoms with Crippen molar-refractivity contribution in [2.45, 2.75) is 0 Å². The summed E-state index contributed by atoms with van der Waals surface area (Å²) in [6, 6.07) is 7.35. The molecule has 0 radical (unpaired) electrons. The Balaban J connectivity index is 1.84. The maximum Gasteiger partial charge on any atom is 0.416 e. The van der Waals surface area contributed by atoms with Crippen LogP contribution in [0.4, 0.5) is 4.79 Å². The molecule has 0 atom stereocenters. The van der Waals surface area contributed by atoms with Gasteiger partial charge < -0.3 is 9.47 Å². The number of rotatable bonds is 4. The number of imide groups is 1. The second kappa shape index (κ2) is 7.03. The average molecular weight is 354 g/mol. The van der Waals surface area contributed by atoms with Gasteiger partial charge in [-0.3, -0.25) is 4.79 Å². The SMILES string of the molecule is O=C(/C=C/c1ccccc1Br)OCC(=O)N1CCOC1=O. The Labute approximate surface area is 129 Å². The fraction of sp³-hybridized carbons (Fsp3) is 0.214. The summed E-state index contributed by atoms with van der Waals surface area (Å²) in [5.74, 6) is -1.26. The zero-order valence-corrected chi connectivity index (χ0v) is 12.5. The standard InChI is InChI=1S/C14H12BrNO5/c15-11-4-2-1-3-10(11)5-6-13(18)21-9-12(17)16-7-8-20-14(16)19/h1-6H,7-9H2/b6-5+. The fourth-order valence-corrected chi connectivity index (χ4v) is 2.06. The topological polar surface area (TPSA) is 72.9 Å². The second-order valence-corrected chi connectivity index (χ2v) is 4.98. The van der Waals surface area contributed by atoms with Crippen LogP contribution >= 0.6 is 15.9 Å². The predicted molar refractivity (Wildman–Crippen MR) is 77.2 cm³/mol. The van der Waals surface area contributed by atoms with Gasteiger partial charge in [-0.1, -0.05) is 34.1 Å². The van der Waals surface area contributed by atoms with E-state index >= 15 is 0 Å². The van der Waals surface area contributed by atoms with Crippen LogP contribution in [0.5, 0.6) is 0 Å². The first kappa shape index (κ1) is 15.2. The summed E-state index contributed by atoms with van der Waals surface area (Å²) in [5, 5.41) is 0. The van der Waals surface area contributed by atoms with Gasteiger partial charge in [0.1, 0.15) is 6.61 Å². The number of carbonyl (C=O) groups excluding carboxylic acids is 3. The van der Waals surface area contributed by atoms with Gasteiger partial charge in [0.2, 0.25) is 0 Å². The van der Waals surface area contributed by atoms with Gasteiger partial charge in [-0.15, -0.1) is 0 Å². The van der Waals surface area contributed by atoms with Crippen molar-refractivity contribution in [1.29, 1.82) is 0 Å². The lowest BCUT2D eigenvalue weighted by Gasteiger charge is -2.09. The van der Waals surface area contributed by atoms with Crippen LogP contribution in [0.25, 0.3) is 6.08 Å². The zero-order valence-electron chi connectivity index (χ0n) is 11.0. The first-order chi connectivity index (χ1) is 10.1. The predicted octanol–water partition coefficient (Wildman–Crippen LogP) is 1.98. The largest absolute Gasteiger partial charge is 0.452 e. The Morgan fingerprint density at radius 1 is 1.38 bits per heavy atom. The molecule has 0 bridgehead atoms. The summed E-state index contributed by atoms with van der Waals surface area (Å²) in [6.45, 7) is -0.142. The summed E-state index contributed by atoms with van der Waals surface area (Å²) in [5.41, 5.74) is 0.809. The van der Waals surface area contributed by atoms with Crippen molar-refractivity contribution in [2.75, 3.05) is 19.8 Å². The van der Waals surface area contributed by atoms with Gasteiger partial charge in [-0.2, -0.15) is 0 Å². The van der Waals surface area contributed by atoms with Gasteiger partial charge in [0, 0.05) is 10.5 Å². The number of hydrogen-bond acceptors (Lipinski definition) is 5. The molecule has 1 fully saturated rings. The highest BCUT2D eigenvalue weighted by atomic mass is 79.9. The molecule has 2 amide bonds. The van der Waals surface area contributed by atoms with E-state index in [-0.39, 0.29) is 13.2 Å². The highest BCUT2D eigenvalue weighted by Gasteiger charge is 2.28. The molecule has 1 saturated heterocycles. The maximum absolute atomic E-state index is 11.6. The van der Waals surface area contributed by atoms with Crippen LogP contribution in [0.3, 0.4) is 0 Å². The second-order valence-electron chi connectivity index (χ2n) is 4.12. The first-order valence-electron chi connectivity index (χ1n) is 6.14. The van der Waals surface area contributed by atoms with E-state index in [2.05, 4.69) is 20.7 Å². The normalized spacial score (nSPS) is 14.3. The van der Waals surface area contributed by atoms with Crippen LogP contribution in [0, 0.1) is 0 Å². The number of halogens is 1. The molecule has 2 rings (SSSR count). The van der Waals surface area contributed by atoms with Crippen molar-refractivity contribution in [3.05, 3.63) is 40.4 Å². The highest BCUT2D eigenvalue weighted by molar-refractivity contribution is 9.10. The average Bonchev–Trinajstić information content (AvgIpc) is 2.90. The number of ether oxygens (including phenoxy) is 2. The molecule has 0 unspecified atom stereocenters. The monoisotopic (exact) mass is 353 g/mol. The quantitative estimate of drug-likeness (QED) is 0.611. The van der Waals surface area contributed by atoms with Crippen LogP contribution in [-0.4, -0.2) is 42.6 Å². The zero-order chi connectivity index (χ0) is 15.2. The van der Waals surface area contributed by atoms with Crippen molar-refractivity contribution >= 4 is 40.0 Å². The molecule has 110 valence electrons. The summed E-state index contributed by atoms with van der Waals surface area (Å²) < 4.78 is 10.2. The lowest BCUT2D eigenvalue weighted by atomic mass is 10.2. The summed E-state index contributed by atoms with van der Waals surface area (Å²) >= 11 is 3.34. The molecule has 1 aromatic rings. The summed E-state index contributed by atoms with van der Waals surface area (Å²) in [7, 11) is 0. The Morgan fingerprint density at radius 2 is 2.14 bits per heavy atom. The first-order valence-corrected chi connectivity index (χ1v) is 6.93. The minimum Gasteiger partial charge on any atom is -0.452 e. The molecule has 1 heterocycles. The third kappa shape index (κ3) is 4.16. The van der Waals surface area contributed by atoms with Crippen molar-refractivity contribution in [3.63, 3.8) is 0 Å². The number of esters is 1. The summed E-state index contributed by atoms with van der Waals surface area (Å²) in [6.07, 6.45) is 2.08. The highest BCUT2D eigenvalue weighted by Crippen LogP contribution is 2.17. The lowest BCUT2D eigenvalue weighted by Crippen LogP contribution is -2.35. The number of benzene rings is 1. The number of amides is 2. The molecule has 0 aromatic heterocycles. The number of carbonyl (C=O) groups is 3. The van der Waals surface area contributed by atoms with Gasteiger partial charge >= 0.3 is 12.1 Å². The molecular formula is C14H12BrNO5. The van der Waals surface area contributed by atoms with Gasteiger partial charge in [-0.25, -0.2) is 14.5 Å². The fourth-order valence-electron chi connectivity index (χ4n) is 1.65. The van der Waals surface area contributed by atoms with Crippen molar-refractivity contribution in [3.8, 4) is 0 Å². The minimum absolute atomic E-state index is 0.167. The number of hydrogen-bond donors (Lipinski definition) is 0.